The van der Waals surface area contributed by atoms with Crippen molar-refractivity contribution in [3.8, 4) is 0 Å². The van der Waals surface area contributed by atoms with E-state index >= 15 is 0 Å². The number of rotatable bonds is 4. The minimum absolute atomic E-state index is 0.00307. The average Bonchev–Trinajstić information content (AvgIpc) is 2.34. The van der Waals surface area contributed by atoms with Crippen molar-refractivity contribution in [2.45, 2.75) is 19.9 Å². The molecule has 0 spiro atoms. The summed E-state index contributed by atoms with van der Waals surface area (Å²) in [5.41, 5.74) is 0.999. The highest BCUT2D eigenvalue weighted by molar-refractivity contribution is 6.31. The van der Waals surface area contributed by atoms with Gasteiger partial charge in [0.2, 0.25) is 5.91 Å². The van der Waals surface area contributed by atoms with Gasteiger partial charge in [0.15, 0.2) is 0 Å². The molecule has 4 heteroatoms. The molecule has 0 radical (unpaired) electrons. The Morgan fingerprint density at radius 1 is 1.37 bits per heavy atom. The van der Waals surface area contributed by atoms with Gasteiger partial charge in [0.1, 0.15) is 0 Å². The molecule has 1 heterocycles. The van der Waals surface area contributed by atoms with Crippen molar-refractivity contribution in [2.75, 3.05) is 20.1 Å². The van der Waals surface area contributed by atoms with Gasteiger partial charge in [0.05, 0.1) is 6.04 Å². The van der Waals surface area contributed by atoms with E-state index in [9.17, 15) is 4.79 Å². The summed E-state index contributed by atoms with van der Waals surface area (Å²) in [4.78, 5) is 14.3. The van der Waals surface area contributed by atoms with Gasteiger partial charge in [-0.2, -0.15) is 0 Å². The summed E-state index contributed by atoms with van der Waals surface area (Å²) in [6.45, 7) is 5.93. The van der Waals surface area contributed by atoms with Gasteiger partial charge in [0, 0.05) is 18.0 Å². The van der Waals surface area contributed by atoms with E-state index in [1.165, 1.54) is 0 Å². The van der Waals surface area contributed by atoms with Crippen LogP contribution in [0.25, 0.3) is 0 Å². The highest BCUT2D eigenvalue weighted by atomic mass is 35.5. The van der Waals surface area contributed by atoms with Crippen LogP contribution >= 0.6 is 11.6 Å². The third-order valence-corrected chi connectivity index (χ3v) is 4.54. The lowest BCUT2D eigenvalue weighted by molar-refractivity contribution is -0.138. The predicted molar refractivity (Wildman–Crippen MR) is 78.2 cm³/mol. The smallest absolute Gasteiger partial charge is 0.226 e. The first-order valence-corrected chi connectivity index (χ1v) is 7.12. The quantitative estimate of drug-likeness (QED) is 0.920. The molecule has 19 heavy (non-hydrogen) atoms. The molecular weight excluding hydrogens is 260 g/mol. The lowest BCUT2D eigenvalue weighted by Gasteiger charge is -2.36. The van der Waals surface area contributed by atoms with Crippen LogP contribution in [0.2, 0.25) is 5.02 Å². The standard InChI is InChI=1S/C15H21ClN2O/c1-10(12-8-17-9-12)15(19)18(3)11(2)13-6-4-5-7-14(13)16/h4-7,10-12,17H,8-9H2,1-3H3. The molecule has 2 atom stereocenters. The summed E-state index contributed by atoms with van der Waals surface area (Å²) in [5, 5.41) is 3.93. The summed E-state index contributed by atoms with van der Waals surface area (Å²) in [6, 6.07) is 7.70. The van der Waals surface area contributed by atoms with E-state index in [4.69, 9.17) is 11.6 Å². The van der Waals surface area contributed by atoms with Crippen LogP contribution < -0.4 is 5.32 Å². The Kier molecular flexibility index (Phi) is 4.48. The molecule has 1 fully saturated rings. The molecule has 0 bridgehead atoms. The van der Waals surface area contributed by atoms with E-state index in [0.29, 0.717) is 10.9 Å². The molecule has 1 amide bonds. The van der Waals surface area contributed by atoms with Crippen LogP contribution in [-0.2, 0) is 4.79 Å². The molecule has 1 saturated heterocycles. The van der Waals surface area contributed by atoms with Gasteiger partial charge < -0.3 is 10.2 Å². The van der Waals surface area contributed by atoms with E-state index in [1.807, 2.05) is 50.1 Å². The molecule has 1 aliphatic rings. The van der Waals surface area contributed by atoms with Gasteiger partial charge in [-0.05, 0) is 37.6 Å². The molecule has 1 aromatic rings. The Hall–Kier alpha value is -1.06. The summed E-state index contributed by atoms with van der Waals surface area (Å²) >= 11 is 6.20. The SMILES string of the molecule is CC(C(=O)N(C)C(C)c1ccccc1Cl)C1CNC1. The topological polar surface area (TPSA) is 32.3 Å². The molecule has 1 N–H and O–H groups in total. The van der Waals surface area contributed by atoms with Crippen molar-refractivity contribution in [3.05, 3.63) is 34.9 Å². The maximum Gasteiger partial charge on any atom is 0.226 e. The molecule has 2 rings (SSSR count). The second-order valence-electron chi connectivity index (χ2n) is 5.35. The largest absolute Gasteiger partial charge is 0.339 e. The number of carbonyl (C=O) groups is 1. The van der Waals surface area contributed by atoms with Crippen molar-refractivity contribution >= 4 is 17.5 Å². The van der Waals surface area contributed by atoms with Crippen molar-refractivity contribution in [1.29, 1.82) is 0 Å². The van der Waals surface area contributed by atoms with Crippen molar-refractivity contribution < 1.29 is 4.79 Å². The third kappa shape index (κ3) is 2.93. The van der Waals surface area contributed by atoms with Crippen molar-refractivity contribution in [2.24, 2.45) is 11.8 Å². The maximum atomic E-state index is 12.5. The Morgan fingerprint density at radius 2 is 2.00 bits per heavy atom. The second kappa shape index (κ2) is 5.93. The summed E-state index contributed by atoms with van der Waals surface area (Å²) < 4.78 is 0. The molecule has 0 aliphatic carbocycles. The van der Waals surface area contributed by atoms with Crippen LogP contribution in [-0.4, -0.2) is 30.9 Å². The zero-order valence-electron chi connectivity index (χ0n) is 11.7. The van der Waals surface area contributed by atoms with Crippen LogP contribution in [0.1, 0.15) is 25.5 Å². The first kappa shape index (κ1) is 14.4. The highest BCUT2D eigenvalue weighted by Gasteiger charge is 2.32. The van der Waals surface area contributed by atoms with Gasteiger partial charge in [-0.25, -0.2) is 0 Å². The van der Waals surface area contributed by atoms with Gasteiger partial charge in [-0.1, -0.05) is 36.7 Å². The van der Waals surface area contributed by atoms with E-state index in [1.54, 1.807) is 0 Å². The zero-order valence-corrected chi connectivity index (χ0v) is 12.4. The predicted octanol–water partition coefficient (Wildman–Crippen LogP) is 2.71. The Labute approximate surface area is 119 Å². The van der Waals surface area contributed by atoms with E-state index in [2.05, 4.69) is 5.32 Å². The van der Waals surface area contributed by atoms with Gasteiger partial charge in [0.25, 0.3) is 0 Å². The fourth-order valence-corrected chi connectivity index (χ4v) is 2.69. The number of halogens is 1. The van der Waals surface area contributed by atoms with Gasteiger partial charge >= 0.3 is 0 Å². The Bertz CT molecular complexity index is 459. The summed E-state index contributed by atoms with van der Waals surface area (Å²) in [5.74, 6) is 0.725. The Balaban J connectivity index is 2.08. The van der Waals surface area contributed by atoms with Crippen LogP contribution in [0.15, 0.2) is 24.3 Å². The number of carbonyl (C=O) groups excluding carboxylic acids is 1. The van der Waals surface area contributed by atoms with Crippen LogP contribution in [0.5, 0.6) is 0 Å². The van der Waals surface area contributed by atoms with Crippen LogP contribution in [0.3, 0.4) is 0 Å². The van der Waals surface area contributed by atoms with E-state index < -0.39 is 0 Å². The minimum Gasteiger partial charge on any atom is -0.339 e. The molecule has 3 nitrogen and oxygen atoms in total. The fraction of sp³-hybridized carbons (Fsp3) is 0.533. The molecule has 0 saturated carbocycles. The lowest BCUT2D eigenvalue weighted by Crippen LogP contribution is -2.50. The highest BCUT2D eigenvalue weighted by Crippen LogP contribution is 2.28. The molecule has 104 valence electrons. The first-order chi connectivity index (χ1) is 9.02. The van der Waals surface area contributed by atoms with Gasteiger partial charge in [-0.15, -0.1) is 0 Å². The number of benzene rings is 1. The Morgan fingerprint density at radius 3 is 2.53 bits per heavy atom. The third-order valence-electron chi connectivity index (χ3n) is 4.19. The molecular formula is C15H21ClN2O. The second-order valence-corrected chi connectivity index (χ2v) is 5.76. The monoisotopic (exact) mass is 280 g/mol. The van der Waals surface area contributed by atoms with E-state index in [-0.39, 0.29) is 17.9 Å². The van der Waals surface area contributed by atoms with Crippen LogP contribution in [0, 0.1) is 11.8 Å². The number of hydrogen-bond donors (Lipinski definition) is 1. The number of nitrogens with one attached hydrogen (secondary N) is 1. The average molecular weight is 281 g/mol. The lowest BCUT2D eigenvalue weighted by atomic mass is 9.87. The van der Waals surface area contributed by atoms with E-state index in [0.717, 1.165) is 18.7 Å². The maximum absolute atomic E-state index is 12.5. The minimum atomic E-state index is -0.00307. The van der Waals surface area contributed by atoms with Gasteiger partial charge in [-0.3, -0.25) is 4.79 Å². The van der Waals surface area contributed by atoms with Crippen molar-refractivity contribution in [3.63, 3.8) is 0 Å². The number of nitrogens with zero attached hydrogens (tertiary/aromatic N) is 1. The number of amides is 1. The molecule has 1 aromatic carbocycles. The zero-order chi connectivity index (χ0) is 14.0. The first-order valence-electron chi connectivity index (χ1n) is 6.74. The normalized spacial score (nSPS) is 18.5. The van der Waals surface area contributed by atoms with Crippen LogP contribution in [0.4, 0.5) is 0 Å². The van der Waals surface area contributed by atoms with Crippen molar-refractivity contribution in [1.82, 2.24) is 10.2 Å². The molecule has 2 unspecified atom stereocenters. The molecule has 0 aromatic heterocycles. The summed E-state index contributed by atoms with van der Waals surface area (Å²) in [7, 11) is 1.86. The summed E-state index contributed by atoms with van der Waals surface area (Å²) in [6.07, 6.45) is 0. The fourth-order valence-electron chi connectivity index (χ4n) is 2.40. The number of hydrogen-bond acceptors (Lipinski definition) is 2. The molecule has 1 aliphatic heterocycles.